The quantitative estimate of drug-likeness (QED) is 0.591. The highest BCUT2D eigenvalue weighted by atomic mass is 16.3. The Morgan fingerprint density at radius 1 is 1.17 bits per heavy atom. The third-order valence-electron chi connectivity index (χ3n) is 3.90. The van der Waals surface area contributed by atoms with E-state index in [1.54, 1.807) is 0 Å². The first kappa shape index (κ1) is 17.4. The number of nitrogens with one attached hydrogen (secondary N) is 2. The van der Waals surface area contributed by atoms with E-state index in [9.17, 15) is 9.90 Å². The molecule has 4 nitrogen and oxygen atoms in total. The number of carbonyl (C=O) groups is 1. The van der Waals surface area contributed by atoms with Gasteiger partial charge < -0.3 is 10.4 Å². The van der Waals surface area contributed by atoms with Gasteiger partial charge in [-0.2, -0.15) is 0 Å². The number of hydrogen-bond donors (Lipinski definition) is 3. The summed E-state index contributed by atoms with van der Waals surface area (Å²) in [4.78, 5) is 12.0. The van der Waals surface area contributed by atoms with E-state index in [1.807, 2.05) is 20.8 Å². The van der Waals surface area contributed by atoms with Crippen molar-refractivity contribution in [1.82, 2.24) is 10.6 Å². The van der Waals surface area contributed by atoms with Crippen molar-refractivity contribution in [2.75, 3.05) is 6.61 Å². The van der Waals surface area contributed by atoms with Crippen LogP contribution in [-0.2, 0) is 4.79 Å². The van der Waals surface area contributed by atoms with Crippen LogP contribution < -0.4 is 10.6 Å². The molecule has 0 spiro atoms. The van der Waals surface area contributed by atoms with Crippen LogP contribution in [-0.4, -0.2) is 35.2 Å². The number of rotatable bonds is 9. The Hall–Kier alpha value is -0.610. The van der Waals surface area contributed by atoms with Crippen molar-refractivity contribution >= 4 is 5.91 Å². The third-order valence-corrected chi connectivity index (χ3v) is 3.90. The van der Waals surface area contributed by atoms with Crippen LogP contribution >= 0.6 is 0 Å². The van der Waals surface area contributed by atoms with Gasteiger partial charge >= 0.3 is 0 Å². The lowest BCUT2D eigenvalue weighted by Crippen LogP contribution is -2.56. The monoisotopic (exact) mass is 258 g/mol. The first-order valence-electron chi connectivity index (χ1n) is 7.17. The smallest absolute Gasteiger partial charge is 0.237 e. The molecule has 3 N–H and O–H groups in total. The zero-order chi connectivity index (χ0) is 14.2. The Morgan fingerprint density at radius 3 is 2.00 bits per heavy atom. The first-order valence-corrected chi connectivity index (χ1v) is 7.17. The van der Waals surface area contributed by atoms with E-state index in [1.165, 1.54) is 0 Å². The van der Waals surface area contributed by atoms with Crippen molar-refractivity contribution in [3.8, 4) is 0 Å². The van der Waals surface area contributed by atoms with Gasteiger partial charge in [0.2, 0.25) is 5.91 Å². The van der Waals surface area contributed by atoms with Crippen LogP contribution in [0.3, 0.4) is 0 Å². The minimum absolute atomic E-state index is 0.0171. The molecule has 0 aliphatic carbocycles. The predicted molar refractivity (Wildman–Crippen MR) is 75.5 cm³/mol. The van der Waals surface area contributed by atoms with Crippen LogP contribution in [0.4, 0.5) is 0 Å². The number of amides is 1. The molecule has 0 saturated carbocycles. The van der Waals surface area contributed by atoms with E-state index in [0.717, 1.165) is 25.7 Å². The van der Waals surface area contributed by atoms with Gasteiger partial charge in [0.05, 0.1) is 12.6 Å². The molecule has 4 heteroatoms. The van der Waals surface area contributed by atoms with Crippen molar-refractivity contribution in [2.45, 2.75) is 77.9 Å². The van der Waals surface area contributed by atoms with Gasteiger partial charge in [0.1, 0.15) is 0 Å². The second-order valence-electron chi connectivity index (χ2n) is 5.03. The van der Waals surface area contributed by atoms with Gasteiger partial charge in [-0.25, -0.2) is 0 Å². The van der Waals surface area contributed by atoms with Crippen LogP contribution in [0.5, 0.6) is 0 Å². The normalized spacial score (nSPS) is 13.7. The predicted octanol–water partition coefficient (Wildman–Crippen LogP) is 1.82. The summed E-state index contributed by atoms with van der Waals surface area (Å²) in [7, 11) is 0. The van der Waals surface area contributed by atoms with Crippen molar-refractivity contribution in [3.63, 3.8) is 0 Å². The Labute approximate surface area is 112 Å². The van der Waals surface area contributed by atoms with Crippen molar-refractivity contribution < 1.29 is 9.90 Å². The highest BCUT2D eigenvalue weighted by Gasteiger charge is 2.29. The lowest BCUT2D eigenvalue weighted by molar-refractivity contribution is -0.124. The molecule has 108 valence electrons. The highest BCUT2D eigenvalue weighted by molar-refractivity contribution is 5.81. The molecule has 0 fully saturated rings. The third kappa shape index (κ3) is 4.94. The van der Waals surface area contributed by atoms with Gasteiger partial charge in [0, 0.05) is 11.6 Å². The molecule has 0 aliphatic heterocycles. The molecular weight excluding hydrogens is 228 g/mol. The lowest BCUT2D eigenvalue weighted by atomic mass is 9.92. The topological polar surface area (TPSA) is 61.4 Å². The fourth-order valence-corrected chi connectivity index (χ4v) is 2.07. The first-order chi connectivity index (χ1) is 8.48. The molecule has 1 amide bonds. The van der Waals surface area contributed by atoms with Crippen LogP contribution in [0.15, 0.2) is 0 Å². The van der Waals surface area contributed by atoms with Gasteiger partial charge in [-0.15, -0.1) is 0 Å². The minimum Gasteiger partial charge on any atom is -0.394 e. The number of carbonyl (C=O) groups excluding carboxylic acids is 1. The van der Waals surface area contributed by atoms with Gasteiger partial charge in [-0.1, -0.05) is 27.7 Å². The Bertz CT molecular complexity index is 228. The maximum Gasteiger partial charge on any atom is 0.237 e. The van der Waals surface area contributed by atoms with Crippen LogP contribution in [0.1, 0.15) is 60.3 Å². The van der Waals surface area contributed by atoms with E-state index >= 15 is 0 Å². The Morgan fingerprint density at radius 2 is 1.67 bits per heavy atom. The largest absolute Gasteiger partial charge is 0.394 e. The fourth-order valence-electron chi connectivity index (χ4n) is 2.07. The molecule has 0 aromatic heterocycles. The summed E-state index contributed by atoms with van der Waals surface area (Å²) in [6.07, 6.45) is 3.51. The van der Waals surface area contributed by atoms with E-state index in [2.05, 4.69) is 24.5 Å². The molecule has 0 aromatic carbocycles. The van der Waals surface area contributed by atoms with Gasteiger partial charge in [0.25, 0.3) is 0 Å². The summed E-state index contributed by atoms with van der Waals surface area (Å²) in [5.74, 6) is 0.0171. The SMILES string of the molecule is CCC(CC)NC(=O)C(C)NC(CC)(CC)CO. The van der Waals surface area contributed by atoms with Crippen molar-refractivity contribution in [2.24, 2.45) is 0 Å². The van der Waals surface area contributed by atoms with Gasteiger partial charge in [0.15, 0.2) is 0 Å². The Kier molecular flexibility index (Phi) is 8.20. The summed E-state index contributed by atoms with van der Waals surface area (Å²) >= 11 is 0. The summed E-state index contributed by atoms with van der Waals surface area (Å²) in [6, 6.07) is -0.0359. The molecule has 0 aliphatic rings. The number of aliphatic hydroxyl groups excluding tert-OH is 1. The zero-order valence-electron chi connectivity index (χ0n) is 12.5. The van der Waals surface area contributed by atoms with Crippen LogP contribution in [0.25, 0.3) is 0 Å². The van der Waals surface area contributed by atoms with Gasteiger partial charge in [-0.3, -0.25) is 10.1 Å². The standard InChI is InChI=1S/C14H30N2O2/c1-6-12(7-2)15-13(18)11(5)16-14(8-3,9-4)10-17/h11-12,16-17H,6-10H2,1-5H3,(H,15,18). The maximum absolute atomic E-state index is 12.0. The summed E-state index contributed by atoms with van der Waals surface area (Å²) in [5.41, 5.74) is -0.343. The molecule has 0 heterocycles. The van der Waals surface area contributed by atoms with Crippen molar-refractivity contribution in [3.05, 3.63) is 0 Å². The molecule has 18 heavy (non-hydrogen) atoms. The van der Waals surface area contributed by atoms with E-state index in [0.29, 0.717) is 0 Å². The summed E-state index contributed by atoms with van der Waals surface area (Å²) < 4.78 is 0. The molecule has 0 radical (unpaired) electrons. The second-order valence-corrected chi connectivity index (χ2v) is 5.03. The van der Waals surface area contributed by atoms with Crippen molar-refractivity contribution in [1.29, 1.82) is 0 Å². The summed E-state index contributed by atoms with van der Waals surface area (Å²) in [5, 5.41) is 15.8. The van der Waals surface area contributed by atoms with Gasteiger partial charge in [-0.05, 0) is 32.6 Å². The van der Waals surface area contributed by atoms with E-state index < -0.39 is 0 Å². The van der Waals surface area contributed by atoms with E-state index in [-0.39, 0.29) is 30.1 Å². The Balaban J connectivity index is 4.46. The number of aliphatic hydroxyl groups is 1. The zero-order valence-corrected chi connectivity index (χ0v) is 12.5. The van der Waals surface area contributed by atoms with Crippen LogP contribution in [0, 0.1) is 0 Å². The molecule has 0 aromatic rings. The molecule has 1 atom stereocenters. The average molecular weight is 258 g/mol. The van der Waals surface area contributed by atoms with E-state index in [4.69, 9.17) is 0 Å². The molecule has 0 rings (SSSR count). The molecule has 0 bridgehead atoms. The highest BCUT2D eigenvalue weighted by Crippen LogP contribution is 2.15. The lowest BCUT2D eigenvalue weighted by Gasteiger charge is -2.34. The second kappa shape index (κ2) is 8.48. The molecular formula is C14H30N2O2. The fraction of sp³-hybridized carbons (Fsp3) is 0.929. The molecule has 1 unspecified atom stereocenters. The van der Waals surface area contributed by atoms with Crippen LogP contribution in [0.2, 0.25) is 0 Å². The number of hydrogen-bond acceptors (Lipinski definition) is 3. The molecule has 0 saturated heterocycles. The summed E-state index contributed by atoms with van der Waals surface area (Å²) in [6.45, 7) is 10.1. The maximum atomic E-state index is 12.0. The minimum atomic E-state index is -0.343. The average Bonchev–Trinajstić information content (AvgIpc) is 2.41.